The predicted molar refractivity (Wildman–Crippen MR) is 82.6 cm³/mol. The Labute approximate surface area is 125 Å². The molecule has 2 heterocycles. The molecule has 2 aliphatic heterocycles. The third-order valence-corrected chi connectivity index (χ3v) is 5.25. The Balaban J connectivity index is 1.90. The summed E-state index contributed by atoms with van der Waals surface area (Å²) in [4.78, 5) is 2.60. The highest BCUT2D eigenvalue weighted by atomic mass is 16.5. The van der Waals surface area contributed by atoms with Crippen molar-refractivity contribution >= 4 is 0 Å². The Morgan fingerprint density at radius 2 is 2.19 bits per heavy atom. The van der Waals surface area contributed by atoms with Crippen LogP contribution in [0.5, 0.6) is 5.75 Å². The number of benzene rings is 1. The fourth-order valence-corrected chi connectivity index (χ4v) is 4.16. The average molecular weight is 283 g/mol. The number of rotatable bonds is 2. The molecule has 2 unspecified atom stereocenters. The molecule has 0 bridgehead atoms. The van der Waals surface area contributed by atoms with Crippen molar-refractivity contribution in [1.82, 2.24) is 4.90 Å². The van der Waals surface area contributed by atoms with E-state index in [9.17, 15) is 0 Å². The van der Waals surface area contributed by atoms with Crippen molar-refractivity contribution in [2.75, 3.05) is 27.3 Å². The molecule has 21 heavy (non-hydrogen) atoms. The summed E-state index contributed by atoms with van der Waals surface area (Å²) in [6.45, 7) is 2.15. The minimum absolute atomic E-state index is 0.0163. The van der Waals surface area contributed by atoms with Crippen molar-refractivity contribution in [2.24, 2.45) is 0 Å². The van der Waals surface area contributed by atoms with Crippen LogP contribution in [0, 0.1) is 0 Å². The van der Waals surface area contributed by atoms with E-state index in [-0.39, 0.29) is 11.6 Å². The molecule has 0 saturated carbocycles. The maximum Gasteiger partial charge on any atom is 0.119 e. The van der Waals surface area contributed by atoms with E-state index in [4.69, 9.17) is 9.47 Å². The molecule has 1 aromatic rings. The normalized spacial score (nSPS) is 30.4. The molecule has 0 fully saturated rings. The standard InChI is InChI=1S/C18H21NO2/c1-20-15-5-3-13-7-9-19-10-8-14-4-6-16(21-2)12-18(14,19)17(13)11-15/h3-6,8,11,16H,7,9-10,12H2,1-2H3. The molecule has 3 heteroatoms. The number of ether oxygens (including phenoxy) is 2. The molecule has 3 nitrogen and oxygen atoms in total. The lowest BCUT2D eigenvalue weighted by molar-refractivity contribution is 0.0514. The quantitative estimate of drug-likeness (QED) is 0.833. The predicted octanol–water partition coefficient (Wildman–Crippen LogP) is 2.66. The van der Waals surface area contributed by atoms with E-state index in [1.807, 2.05) is 0 Å². The highest BCUT2D eigenvalue weighted by molar-refractivity contribution is 5.53. The van der Waals surface area contributed by atoms with E-state index in [2.05, 4.69) is 41.3 Å². The summed E-state index contributed by atoms with van der Waals surface area (Å²) in [5, 5.41) is 0. The summed E-state index contributed by atoms with van der Waals surface area (Å²) in [7, 11) is 3.54. The minimum Gasteiger partial charge on any atom is -0.497 e. The van der Waals surface area contributed by atoms with Crippen LogP contribution in [0.4, 0.5) is 0 Å². The van der Waals surface area contributed by atoms with Crippen molar-refractivity contribution in [3.8, 4) is 5.75 Å². The van der Waals surface area contributed by atoms with Crippen LogP contribution in [0.15, 0.2) is 42.0 Å². The molecule has 0 aromatic heterocycles. The van der Waals surface area contributed by atoms with E-state index >= 15 is 0 Å². The van der Waals surface area contributed by atoms with Crippen LogP contribution in [0.2, 0.25) is 0 Å². The van der Waals surface area contributed by atoms with Crippen LogP contribution < -0.4 is 4.74 Å². The Kier molecular flexibility index (Phi) is 2.95. The van der Waals surface area contributed by atoms with Gasteiger partial charge in [0.15, 0.2) is 0 Å². The summed E-state index contributed by atoms with van der Waals surface area (Å²) in [5.41, 5.74) is 4.26. The minimum atomic E-state index is -0.0163. The van der Waals surface area contributed by atoms with E-state index < -0.39 is 0 Å². The summed E-state index contributed by atoms with van der Waals surface area (Å²) in [5.74, 6) is 0.944. The summed E-state index contributed by atoms with van der Waals surface area (Å²) < 4.78 is 11.1. The second-order valence-electron chi connectivity index (χ2n) is 6.08. The molecule has 1 aromatic carbocycles. The second-order valence-corrected chi connectivity index (χ2v) is 6.08. The van der Waals surface area contributed by atoms with Gasteiger partial charge in [0.05, 0.1) is 18.8 Å². The first kappa shape index (κ1) is 13.1. The summed E-state index contributed by atoms with van der Waals surface area (Å²) in [6.07, 6.45) is 9.10. The van der Waals surface area contributed by atoms with Gasteiger partial charge in [-0.25, -0.2) is 0 Å². The summed E-state index contributed by atoms with van der Waals surface area (Å²) >= 11 is 0. The van der Waals surface area contributed by atoms with E-state index in [1.54, 1.807) is 14.2 Å². The van der Waals surface area contributed by atoms with Gasteiger partial charge in [0.2, 0.25) is 0 Å². The molecule has 1 aliphatic carbocycles. The lowest BCUT2D eigenvalue weighted by Crippen LogP contribution is -2.51. The van der Waals surface area contributed by atoms with Gasteiger partial charge in [0, 0.05) is 26.6 Å². The van der Waals surface area contributed by atoms with Crippen molar-refractivity contribution in [2.45, 2.75) is 24.5 Å². The topological polar surface area (TPSA) is 21.7 Å². The number of methoxy groups -OCH3 is 2. The van der Waals surface area contributed by atoms with Gasteiger partial charge in [-0.3, -0.25) is 4.90 Å². The van der Waals surface area contributed by atoms with Gasteiger partial charge in [-0.05, 0) is 35.3 Å². The number of hydrogen-bond donors (Lipinski definition) is 0. The van der Waals surface area contributed by atoms with Crippen LogP contribution in [0.3, 0.4) is 0 Å². The third kappa shape index (κ3) is 1.74. The maximum absolute atomic E-state index is 5.64. The fourth-order valence-electron chi connectivity index (χ4n) is 4.16. The fraction of sp³-hybridized carbons (Fsp3) is 0.444. The van der Waals surface area contributed by atoms with Crippen molar-refractivity contribution in [1.29, 1.82) is 0 Å². The Morgan fingerprint density at radius 3 is 3.00 bits per heavy atom. The van der Waals surface area contributed by atoms with Gasteiger partial charge in [-0.1, -0.05) is 24.3 Å². The zero-order chi connectivity index (χ0) is 14.4. The monoisotopic (exact) mass is 283 g/mol. The molecule has 1 spiro atoms. The first-order valence-corrected chi connectivity index (χ1v) is 7.62. The first-order valence-electron chi connectivity index (χ1n) is 7.62. The molecule has 110 valence electrons. The molecule has 0 N–H and O–H groups in total. The Morgan fingerprint density at radius 1 is 1.29 bits per heavy atom. The van der Waals surface area contributed by atoms with Gasteiger partial charge >= 0.3 is 0 Å². The zero-order valence-electron chi connectivity index (χ0n) is 12.6. The van der Waals surface area contributed by atoms with Crippen LogP contribution in [0.1, 0.15) is 17.5 Å². The number of nitrogens with zero attached hydrogens (tertiary/aromatic N) is 1. The lowest BCUT2D eigenvalue weighted by atomic mass is 9.71. The van der Waals surface area contributed by atoms with Crippen LogP contribution in [-0.2, 0) is 16.7 Å². The molecular weight excluding hydrogens is 262 g/mol. The molecule has 4 rings (SSSR count). The van der Waals surface area contributed by atoms with Crippen molar-refractivity contribution in [3.05, 3.63) is 53.1 Å². The lowest BCUT2D eigenvalue weighted by Gasteiger charge is -2.48. The SMILES string of the molecule is COc1ccc2c(c1)C13CC(OC)C=CC1=CCN3CC2. The highest BCUT2D eigenvalue weighted by Crippen LogP contribution is 2.51. The Bertz CT molecular complexity index is 634. The zero-order valence-corrected chi connectivity index (χ0v) is 12.6. The van der Waals surface area contributed by atoms with Gasteiger partial charge in [0.1, 0.15) is 5.75 Å². The molecule has 0 amide bonds. The Hall–Kier alpha value is -1.58. The third-order valence-electron chi connectivity index (χ3n) is 5.25. The largest absolute Gasteiger partial charge is 0.497 e. The van der Waals surface area contributed by atoms with Gasteiger partial charge in [-0.15, -0.1) is 0 Å². The van der Waals surface area contributed by atoms with Crippen molar-refractivity contribution < 1.29 is 9.47 Å². The smallest absolute Gasteiger partial charge is 0.119 e. The van der Waals surface area contributed by atoms with E-state index in [0.29, 0.717) is 0 Å². The number of fused-ring (bicyclic) bond motifs is 1. The first-order chi connectivity index (χ1) is 10.3. The van der Waals surface area contributed by atoms with Gasteiger partial charge in [-0.2, -0.15) is 0 Å². The molecular formula is C18H21NO2. The van der Waals surface area contributed by atoms with Crippen LogP contribution >= 0.6 is 0 Å². The van der Waals surface area contributed by atoms with E-state index in [1.165, 1.54) is 16.7 Å². The summed E-state index contributed by atoms with van der Waals surface area (Å²) in [6, 6.07) is 6.54. The highest BCUT2D eigenvalue weighted by Gasteiger charge is 2.49. The second kappa shape index (κ2) is 4.72. The maximum atomic E-state index is 5.64. The molecule has 0 saturated heterocycles. The molecule has 2 atom stereocenters. The van der Waals surface area contributed by atoms with Gasteiger partial charge in [0.25, 0.3) is 0 Å². The van der Waals surface area contributed by atoms with Crippen LogP contribution in [-0.4, -0.2) is 38.3 Å². The van der Waals surface area contributed by atoms with Crippen molar-refractivity contribution in [3.63, 3.8) is 0 Å². The number of hydrogen-bond acceptors (Lipinski definition) is 3. The molecule has 3 aliphatic rings. The molecule has 0 radical (unpaired) electrons. The van der Waals surface area contributed by atoms with Gasteiger partial charge < -0.3 is 9.47 Å². The van der Waals surface area contributed by atoms with Crippen LogP contribution in [0.25, 0.3) is 0 Å². The van der Waals surface area contributed by atoms with E-state index in [0.717, 1.165) is 31.7 Å². The average Bonchev–Trinajstić information content (AvgIpc) is 2.93.